The number of hydrogen-bond acceptors (Lipinski definition) is 5. The monoisotopic (exact) mass is 273 g/mol. The Balaban J connectivity index is 2.54. The molecule has 0 aromatic rings. The summed E-state index contributed by atoms with van der Waals surface area (Å²) in [5.74, 6) is 1.73. The van der Waals surface area contributed by atoms with Gasteiger partial charge in [-0.2, -0.15) is 11.8 Å². The standard InChI is InChI=1S/C13H23NO3S/c1-5-17-12(16)13(2,3)11(15)8-14(4)10-6-7-18-9-10/h10H,5-9H2,1-4H3. The number of thioether (sulfide) groups is 1. The molecule has 0 bridgehead atoms. The molecule has 0 aromatic heterocycles. The Morgan fingerprint density at radius 2 is 2.11 bits per heavy atom. The van der Waals surface area contributed by atoms with E-state index in [-0.39, 0.29) is 5.78 Å². The highest BCUT2D eigenvalue weighted by molar-refractivity contribution is 7.99. The molecule has 4 nitrogen and oxygen atoms in total. The molecular weight excluding hydrogens is 250 g/mol. The van der Waals surface area contributed by atoms with E-state index in [4.69, 9.17) is 4.74 Å². The van der Waals surface area contributed by atoms with Crippen molar-refractivity contribution in [3.63, 3.8) is 0 Å². The molecule has 0 amide bonds. The quantitative estimate of drug-likeness (QED) is 0.543. The zero-order chi connectivity index (χ0) is 13.8. The summed E-state index contributed by atoms with van der Waals surface area (Å²) in [7, 11) is 1.95. The van der Waals surface area contributed by atoms with E-state index in [9.17, 15) is 9.59 Å². The molecule has 1 atom stereocenters. The first-order valence-electron chi connectivity index (χ1n) is 6.38. The number of nitrogens with zero attached hydrogens (tertiary/aromatic N) is 1. The van der Waals surface area contributed by atoms with Gasteiger partial charge in [0.2, 0.25) is 0 Å². The lowest BCUT2D eigenvalue weighted by molar-refractivity contribution is -0.158. The normalized spacial score (nSPS) is 20.2. The molecule has 0 saturated carbocycles. The van der Waals surface area contributed by atoms with Crippen molar-refractivity contribution in [3.05, 3.63) is 0 Å². The largest absolute Gasteiger partial charge is 0.465 e. The maximum absolute atomic E-state index is 12.2. The second-order valence-electron chi connectivity index (χ2n) is 5.20. The highest BCUT2D eigenvalue weighted by Crippen LogP contribution is 2.24. The maximum atomic E-state index is 12.2. The number of carbonyl (C=O) groups is 2. The Bertz CT molecular complexity index is 311. The van der Waals surface area contributed by atoms with Gasteiger partial charge in [0.15, 0.2) is 5.78 Å². The van der Waals surface area contributed by atoms with Crippen molar-refractivity contribution in [2.75, 3.05) is 31.7 Å². The molecular formula is C13H23NO3S. The van der Waals surface area contributed by atoms with Gasteiger partial charge in [-0.1, -0.05) is 0 Å². The third-order valence-electron chi connectivity index (χ3n) is 3.40. The number of Topliss-reactive ketones (excluding diaryl/α,β-unsaturated/α-hetero) is 1. The van der Waals surface area contributed by atoms with Crippen molar-refractivity contribution >= 4 is 23.5 Å². The molecule has 1 heterocycles. The van der Waals surface area contributed by atoms with E-state index in [0.29, 0.717) is 19.2 Å². The molecule has 1 aliphatic heterocycles. The van der Waals surface area contributed by atoms with Crippen LogP contribution in [0.2, 0.25) is 0 Å². The average Bonchev–Trinajstić information content (AvgIpc) is 2.82. The molecule has 1 rings (SSSR count). The Morgan fingerprint density at radius 1 is 1.44 bits per heavy atom. The summed E-state index contributed by atoms with van der Waals surface area (Å²) >= 11 is 1.91. The summed E-state index contributed by atoms with van der Waals surface area (Å²) in [6.45, 7) is 5.66. The lowest BCUT2D eigenvalue weighted by Gasteiger charge is -2.27. The van der Waals surface area contributed by atoms with Crippen LogP contribution in [0.5, 0.6) is 0 Å². The molecule has 104 valence electrons. The van der Waals surface area contributed by atoms with Crippen LogP contribution in [-0.4, -0.2) is 54.4 Å². The second-order valence-corrected chi connectivity index (χ2v) is 6.35. The van der Waals surface area contributed by atoms with E-state index >= 15 is 0 Å². The molecule has 1 saturated heterocycles. The Hall–Kier alpha value is -0.550. The number of esters is 1. The lowest BCUT2D eigenvalue weighted by Crippen LogP contribution is -2.44. The first-order chi connectivity index (χ1) is 8.39. The van der Waals surface area contributed by atoms with Gasteiger partial charge in [-0.05, 0) is 40.0 Å². The minimum absolute atomic E-state index is 0.0691. The average molecular weight is 273 g/mol. The van der Waals surface area contributed by atoms with Gasteiger partial charge >= 0.3 is 5.97 Å². The third-order valence-corrected chi connectivity index (χ3v) is 4.55. The van der Waals surface area contributed by atoms with Crippen molar-refractivity contribution in [3.8, 4) is 0 Å². The van der Waals surface area contributed by atoms with Crippen LogP contribution >= 0.6 is 11.8 Å². The first kappa shape index (κ1) is 15.5. The SMILES string of the molecule is CCOC(=O)C(C)(C)C(=O)CN(C)C1CCSC1. The summed E-state index contributed by atoms with van der Waals surface area (Å²) in [5, 5.41) is 0. The number of ether oxygens (including phenoxy) is 1. The van der Waals surface area contributed by atoms with E-state index in [0.717, 1.165) is 17.9 Å². The summed E-state index contributed by atoms with van der Waals surface area (Å²) in [6, 6.07) is 0.456. The minimum atomic E-state index is -1.05. The van der Waals surface area contributed by atoms with Crippen LogP contribution in [0.4, 0.5) is 0 Å². The van der Waals surface area contributed by atoms with Crippen LogP contribution in [0.15, 0.2) is 0 Å². The van der Waals surface area contributed by atoms with Gasteiger partial charge in [0.25, 0.3) is 0 Å². The topological polar surface area (TPSA) is 46.6 Å². The fourth-order valence-electron chi connectivity index (χ4n) is 1.85. The first-order valence-corrected chi connectivity index (χ1v) is 7.53. The smallest absolute Gasteiger partial charge is 0.319 e. The predicted molar refractivity (Wildman–Crippen MR) is 73.8 cm³/mol. The number of hydrogen-bond donors (Lipinski definition) is 0. The number of rotatable bonds is 6. The molecule has 0 radical (unpaired) electrons. The molecule has 1 fully saturated rings. The number of likely N-dealkylation sites (N-methyl/N-ethyl adjacent to an activating group) is 1. The van der Waals surface area contributed by atoms with Crippen LogP contribution < -0.4 is 0 Å². The molecule has 0 aliphatic carbocycles. The zero-order valence-corrected chi connectivity index (χ0v) is 12.5. The van der Waals surface area contributed by atoms with Gasteiger partial charge in [0.1, 0.15) is 5.41 Å². The maximum Gasteiger partial charge on any atom is 0.319 e. The van der Waals surface area contributed by atoms with Crippen molar-refractivity contribution < 1.29 is 14.3 Å². The Morgan fingerprint density at radius 3 is 2.61 bits per heavy atom. The van der Waals surface area contributed by atoms with E-state index in [1.165, 1.54) is 0 Å². The number of ketones is 1. The van der Waals surface area contributed by atoms with Gasteiger partial charge < -0.3 is 4.74 Å². The Labute approximate surface area is 113 Å². The van der Waals surface area contributed by atoms with Crippen molar-refractivity contribution in [1.82, 2.24) is 4.90 Å². The highest BCUT2D eigenvalue weighted by Gasteiger charge is 2.38. The molecule has 1 aliphatic rings. The van der Waals surface area contributed by atoms with Crippen LogP contribution in [0, 0.1) is 5.41 Å². The summed E-state index contributed by atoms with van der Waals surface area (Å²) in [5.41, 5.74) is -1.05. The summed E-state index contributed by atoms with van der Waals surface area (Å²) in [6.07, 6.45) is 1.12. The molecule has 18 heavy (non-hydrogen) atoms. The third kappa shape index (κ3) is 3.72. The van der Waals surface area contributed by atoms with Crippen LogP contribution in [-0.2, 0) is 14.3 Å². The van der Waals surface area contributed by atoms with E-state index in [1.807, 2.05) is 18.8 Å². The van der Waals surface area contributed by atoms with Gasteiger partial charge in [0.05, 0.1) is 13.2 Å². The molecule has 1 unspecified atom stereocenters. The zero-order valence-electron chi connectivity index (χ0n) is 11.7. The Kier molecular flexibility index (Phi) is 5.66. The van der Waals surface area contributed by atoms with Crippen LogP contribution in [0.1, 0.15) is 27.2 Å². The predicted octanol–water partition coefficient (Wildman–Crippen LogP) is 1.58. The molecule has 0 aromatic carbocycles. The highest BCUT2D eigenvalue weighted by atomic mass is 32.2. The van der Waals surface area contributed by atoms with E-state index in [2.05, 4.69) is 4.90 Å². The second kappa shape index (κ2) is 6.57. The molecule has 5 heteroatoms. The van der Waals surface area contributed by atoms with E-state index in [1.54, 1.807) is 20.8 Å². The minimum Gasteiger partial charge on any atom is -0.465 e. The van der Waals surface area contributed by atoms with Crippen molar-refractivity contribution in [2.45, 2.75) is 33.2 Å². The fourth-order valence-corrected chi connectivity index (χ4v) is 3.15. The lowest BCUT2D eigenvalue weighted by atomic mass is 9.87. The van der Waals surface area contributed by atoms with E-state index < -0.39 is 11.4 Å². The van der Waals surface area contributed by atoms with Crippen LogP contribution in [0.25, 0.3) is 0 Å². The summed E-state index contributed by atoms with van der Waals surface area (Å²) < 4.78 is 4.95. The summed E-state index contributed by atoms with van der Waals surface area (Å²) in [4.78, 5) is 26.0. The van der Waals surface area contributed by atoms with Gasteiger partial charge in [-0.25, -0.2) is 0 Å². The van der Waals surface area contributed by atoms with Gasteiger partial charge in [-0.3, -0.25) is 14.5 Å². The number of carbonyl (C=O) groups excluding carboxylic acids is 2. The van der Waals surface area contributed by atoms with Gasteiger partial charge in [0, 0.05) is 11.8 Å². The molecule has 0 N–H and O–H groups in total. The molecule has 0 spiro atoms. The van der Waals surface area contributed by atoms with Gasteiger partial charge in [-0.15, -0.1) is 0 Å². The van der Waals surface area contributed by atoms with Crippen LogP contribution in [0.3, 0.4) is 0 Å². The van der Waals surface area contributed by atoms with Crippen molar-refractivity contribution in [2.24, 2.45) is 5.41 Å². The fraction of sp³-hybridized carbons (Fsp3) is 0.846. The van der Waals surface area contributed by atoms with Crippen molar-refractivity contribution in [1.29, 1.82) is 0 Å².